The van der Waals surface area contributed by atoms with Crippen LogP contribution in [0.1, 0.15) is 12.5 Å². The molecule has 0 aliphatic heterocycles. The first kappa shape index (κ1) is 12.0. The number of amides is 1. The summed E-state index contributed by atoms with van der Waals surface area (Å²) >= 11 is 5.72. The Morgan fingerprint density at radius 1 is 1.47 bits per heavy atom. The quantitative estimate of drug-likeness (QED) is 0.817. The third kappa shape index (κ3) is 4.81. The number of aliphatic hydroxyl groups excluding tert-OH is 1. The summed E-state index contributed by atoms with van der Waals surface area (Å²) in [5, 5.41) is 12.3. The third-order valence-corrected chi connectivity index (χ3v) is 2.12. The van der Waals surface area contributed by atoms with Crippen molar-refractivity contribution < 1.29 is 9.90 Å². The molecule has 3 nitrogen and oxygen atoms in total. The number of halogens is 1. The number of benzene rings is 1. The van der Waals surface area contributed by atoms with Crippen LogP contribution in [-0.2, 0) is 11.2 Å². The van der Waals surface area contributed by atoms with Gasteiger partial charge in [-0.3, -0.25) is 4.79 Å². The number of carbonyl (C=O) groups excluding carboxylic acids is 1. The zero-order valence-electron chi connectivity index (χ0n) is 8.53. The van der Waals surface area contributed by atoms with Crippen molar-refractivity contribution in [3.63, 3.8) is 0 Å². The molecular formula is C11H14ClNO2. The van der Waals surface area contributed by atoms with Crippen LogP contribution in [0, 0.1) is 0 Å². The lowest BCUT2D eigenvalue weighted by atomic mass is 10.1. The lowest BCUT2D eigenvalue weighted by Crippen LogP contribution is -2.31. The number of rotatable bonds is 4. The molecule has 2 N–H and O–H groups in total. The van der Waals surface area contributed by atoms with Crippen molar-refractivity contribution in [1.82, 2.24) is 5.32 Å². The Kier molecular flexibility index (Phi) is 4.59. The maximum Gasteiger partial charge on any atom is 0.224 e. The van der Waals surface area contributed by atoms with Gasteiger partial charge in [0.1, 0.15) is 0 Å². The van der Waals surface area contributed by atoms with Gasteiger partial charge in [-0.2, -0.15) is 0 Å². The van der Waals surface area contributed by atoms with E-state index in [0.717, 1.165) is 5.56 Å². The molecule has 1 aromatic carbocycles. The lowest BCUT2D eigenvalue weighted by Gasteiger charge is -2.06. The molecule has 1 amide bonds. The second-order valence-corrected chi connectivity index (χ2v) is 3.89. The number of hydrogen-bond donors (Lipinski definition) is 2. The van der Waals surface area contributed by atoms with Crippen LogP contribution in [0.5, 0.6) is 0 Å². The van der Waals surface area contributed by atoms with E-state index < -0.39 is 6.10 Å². The molecule has 0 aromatic heterocycles. The fourth-order valence-electron chi connectivity index (χ4n) is 1.11. The van der Waals surface area contributed by atoms with Crippen molar-refractivity contribution in [2.45, 2.75) is 19.4 Å². The lowest BCUT2D eigenvalue weighted by molar-refractivity contribution is -0.120. The highest BCUT2D eigenvalue weighted by molar-refractivity contribution is 6.30. The molecule has 1 rings (SSSR count). The normalized spacial score (nSPS) is 12.2. The summed E-state index contributed by atoms with van der Waals surface area (Å²) < 4.78 is 0. The largest absolute Gasteiger partial charge is 0.392 e. The van der Waals surface area contributed by atoms with E-state index in [-0.39, 0.29) is 12.5 Å². The van der Waals surface area contributed by atoms with Gasteiger partial charge in [0.05, 0.1) is 12.5 Å². The molecule has 0 spiro atoms. The predicted molar refractivity (Wildman–Crippen MR) is 59.8 cm³/mol. The molecule has 1 atom stereocenters. The average Bonchev–Trinajstić information content (AvgIpc) is 2.19. The SMILES string of the molecule is C[C@@H](O)CNC(=O)Cc1ccc(Cl)cc1. The average molecular weight is 228 g/mol. The van der Waals surface area contributed by atoms with Gasteiger partial charge in [0.25, 0.3) is 0 Å². The van der Waals surface area contributed by atoms with Gasteiger partial charge in [-0.1, -0.05) is 23.7 Å². The predicted octanol–water partition coefficient (Wildman–Crippen LogP) is 1.38. The van der Waals surface area contributed by atoms with E-state index in [0.29, 0.717) is 11.4 Å². The summed E-state index contributed by atoms with van der Waals surface area (Å²) in [7, 11) is 0. The highest BCUT2D eigenvalue weighted by Crippen LogP contribution is 2.09. The van der Waals surface area contributed by atoms with E-state index in [4.69, 9.17) is 16.7 Å². The monoisotopic (exact) mass is 227 g/mol. The summed E-state index contributed by atoms with van der Waals surface area (Å²) in [6.07, 6.45) is -0.205. The van der Waals surface area contributed by atoms with Crippen LogP contribution in [0.15, 0.2) is 24.3 Å². The Balaban J connectivity index is 2.41. The molecule has 0 aliphatic carbocycles. The molecule has 0 aliphatic rings. The topological polar surface area (TPSA) is 49.3 Å². The molecule has 0 radical (unpaired) electrons. The molecular weight excluding hydrogens is 214 g/mol. The molecule has 0 fully saturated rings. The highest BCUT2D eigenvalue weighted by Gasteiger charge is 2.04. The third-order valence-electron chi connectivity index (χ3n) is 1.87. The van der Waals surface area contributed by atoms with Crippen molar-refractivity contribution in [2.24, 2.45) is 0 Å². The minimum absolute atomic E-state index is 0.0989. The Bertz CT molecular complexity index is 322. The van der Waals surface area contributed by atoms with E-state index in [1.165, 1.54) is 0 Å². The molecule has 0 bridgehead atoms. The fourth-order valence-corrected chi connectivity index (χ4v) is 1.24. The molecule has 1 aromatic rings. The number of aliphatic hydroxyl groups is 1. The molecule has 15 heavy (non-hydrogen) atoms. The molecule has 82 valence electrons. The first-order valence-electron chi connectivity index (χ1n) is 4.77. The van der Waals surface area contributed by atoms with E-state index in [9.17, 15) is 4.79 Å². The Labute approximate surface area is 94.1 Å². The summed E-state index contributed by atoms with van der Waals surface area (Å²) in [5.41, 5.74) is 0.905. The minimum Gasteiger partial charge on any atom is -0.392 e. The van der Waals surface area contributed by atoms with Crippen LogP contribution >= 0.6 is 11.6 Å². The van der Waals surface area contributed by atoms with Crippen molar-refractivity contribution in [3.05, 3.63) is 34.9 Å². The van der Waals surface area contributed by atoms with Gasteiger partial charge in [-0.25, -0.2) is 0 Å². The van der Waals surface area contributed by atoms with Gasteiger partial charge >= 0.3 is 0 Å². The van der Waals surface area contributed by atoms with Crippen molar-refractivity contribution >= 4 is 17.5 Å². The van der Waals surface area contributed by atoms with Crippen LogP contribution in [0.3, 0.4) is 0 Å². The van der Waals surface area contributed by atoms with Crippen molar-refractivity contribution in [2.75, 3.05) is 6.54 Å². The van der Waals surface area contributed by atoms with Crippen LogP contribution < -0.4 is 5.32 Å². The molecule has 0 unspecified atom stereocenters. The zero-order valence-corrected chi connectivity index (χ0v) is 9.29. The highest BCUT2D eigenvalue weighted by atomic mass is 35.5. The van der Waals surface area contributed by atoms with Gasteiger partial charge in [0.2, 0.25) is 5.91 Å². The summed E-state index contributed by atoms with van der Waals surface area (Å²) in [6.45, 7) is 1.91. The van der Waals surface area contributed by atoms with E-state index in [2.05, 4.69) is 5.32 Å². The van der Waals surface area contributed by atoms with Gasteiger partial charge < -0.3 is 10.4 Å². The second-order valence-electron chi connectivity index (χ2n) is 3.46. The second kappa shape index (κ2) is 5.73. The molecule has 0 heterocycles. The standard InChI is InChI=1S/C11H14ClNO2/c1-8(14)7-13-11(15)6-9-2-4-10(12)5-3-9/h2-5,8,14H,6-7H2,1H3,(H,13,15)/t8-/m1/s1. The molecule has 0 saturated heterocycles. The van der Waals surface area contributed by atoms with Crippen LogP contribution in [0.4, 0.5) is 0 Å². The van der Waals surface area contributed by atoms with E-state index >= 15 is 0 Å². The Morgan fingerprint density at radius 2 is 2.07 bits per heavy atom. The van der Waals surface area contributed by atoms with Gasteiger partial charge in [-0.05, 0) is 24.6 Å². The minimum atomic E-state index is -0.515. The number of carbonyl (C=O) groups is 1. The number of hydrogen-bond acceptors (Lipinski definition) is 2. The first-order chi connectivity index (χ1) is 7.08. The van der Waals surface area contributed by atoms with E-state index in [1.54, 1.807) is 19.1 Å². The van der Waals surface area contributed by atoms with Gasteiger partial charge in [0.15, 0.2) is 0 Å². The fraction of sp³-hybridized carbons (Fsp3) is 0.364. The van der Waals surface area contributed by atoms with Crippen LogP contribution in [0.2, 0.25) is 5.02 Å². The summed E-state index contributed by atoms with van der Waals surface area (Å²) in [5.74, 6) is -0.0989. The Morgan fingerprint density at radius 3 is 2.60 bits per heavy atom. The van der Waals surface area contributed by atoms with Crippen molar-refractivity contribution in [3.8, 4) is 0 Å². The van der Waals surface area contributed by atoms with Gasteiger partial charge in [0, 0.05) is 11.6 Å². The molecule has 4 heteroatoms. The zero-order chi connectivity index (χ0) is 11.3. The van der Waals surface area contributed by atoms with Crippen LogP contribution in [0.25, 0.3) is 0 Å². The maximum absolute atomic E-state index is 11.3. The maximum atomic E-state index is 11.3. The van der Waals surface area contributed by atoms with Crippen LogP contribution in [-0.4, -0.2) is 23.7 Å². The molecule has 0 saturated carbocycles. The number of nitrogens with one attached hydrogen (secondary N) is 1. The smallest absolute Gasteiger partial charge is 0.224 e. The van der Waals surface area contributed by atoms with Gasteiger partial charge in [-0.15, -0.1) is 0 Å². The van der Waals surface area contributed by atoms with E-state index in [1.807, 2.05) is 12.1 Å². The Hall–Kier alpha value is -1.06. The van der Waals surface area contributed by atoms with Crippen molar-refractivity contribution in [1.29, 1.82) is 0 Å². The summed E-state index contributed by atoms with van der Waals surface area (Å²) in [4.78, 5) is 11.3. The first-order valence-corrected chi connectivity index (χ1v) is 5.15. The summed E-state index contributed by atoms with van der Waals surface area (Å²) in [6, 6.07) is 7.12.